The third kappa shape index (κ3) is 6.54. The van der Waals surface area contributed by atoms with Gasteiger partial charge < -0.3 is 15.5 Å². The van der Waals surface area contributed by atoms with E-state index in [-0.39, 0.29) is 29.3 Å². The number of benzene rings is 1. The molecule has 0 spiro atoms. The summed E-state index contributed by atoms with van der Waals surface area (Å²) in [5, 5.41) is 6.29. The fraction of sp³-hybridized carbons (Fsp3) is 0.652. The van der Waals surface area contributed by atoms with Crippen LogP contribution in [0.1, 0.15) is 71.2 Å². The number of hydrogen-bond acceptors (Lipinski definition) is 3. The minimum Gasteiger partial charge on any atom is -0.371 e. The molecule has 5 nitrogen and oxygen atoms in total. The predicted octanol–water partition coefficient (Wildman–Crippen LogP) is 3.98. The van der Waals surface area contributed by atoms with Crippen LogP contribution in [0, 0.1) is 11.3 Å². The maximum absolute atomic E-state index is 12.8. The molecule has 0 saturated carbocycles. The molecule has 1 aromatic rings. The highest BCUT2D eigenvalue weighted by Crippen LogP contribution is 2.25. The van der Waals surface area contributed by atoms with E-state index < -0.39 is 0 Å². The third-order valence-electron chi connectivity index (χ3n) is 5.40. The highest BCUT2D eigenvalue weighted by molar-refractivity contribution is 6.00. The molecule has 1 atom stereocenters. The van der Waals surface area contributed by atoms with Crippen LogP contribution in [-0.2, 0) is 4.79 Å². The molecule has 0 bridgehead atoms. The number of para-hydroxylation sites is 1. The summed E-state index contributed by atoms with van der Waals surface area (Å²) in [5.41, 5.74) is 1.71. The molecule has 5 heteroatoms. The zero-order chi connectivity index (χ0) is 20.9. The van der Waals surface area contributed by atoms with Crippen LogP contribution >= 0.6 is 0 Å². The smallest absolute Gasteiger partial charge is 0.253 e. The Hall–Kier alpha value is -2.04. The van der Waals surface area contributed by atoms with Gasteiger partial charge in [-0.15, -0.1) is 0 Å². The van der Waals surface area contributed by atoms with E-state index in [1.807, 2.05) is 31.2 Å². The van der Waals surface area contributed by atoms with Gasteiger partial charge in [-0.3, -0.25) is 9.59 Å². The number of carbonyl (C=O) groups is 2. The van der Waals surface area contributed by atoms with E-state index in [4.69, 9.17) is 0 Å². The molecule has 1 aliphatic heterocycles. The van der Waals surface area contributed by atoms with Crippen molar-refractivity contribution in [2.24, 2.45) is 11.3 Å². The number of piperidine rings is 1. The summed E-state index contributed by atoms with van der Waals surface area (Å²) in [5.74, 6) is 0.509. The van der Waals surface area contributed by atoms with Crippen LogP contribution < -0.4 is 15.5 Å². The number of anilines is 1. The molecule has 0 aromatic heterocycles. The van der Waals surface area contributed by atoms with Crippen molar-refractivity contribution >= 4 is 17.5 Å². The molecule has 2 N–H and O–H groups in total. The molecule has 28 heavy (non-hydrogen) atoms. The molecule has 156 valence electrons. The Labute approximate surface area is 170 Å². The number of carbonyl (C=O) groups excluding carboxylic acids is 2. The maximum atomic E-state index is 12.8. The van der Waals surface area contributed by atoms with E-state index in [0.29, 0.717) is 12.3 Å². The first-order chi connectivity index (χ1) is 13.1. The first-order valence-corrected chi connectivity index (χ1v) is 10.5. The van der Waals surface area contributed by atoms with Crippen molar-refractivity contribution in [1.82, 2.24) is 10.6 Å². The Kier molecular flexibility index (Phi) is 7.50. The second-order valence-corrected chi connectivity index (χ2v) is 9.59. The van der Waals surface area contributed by atoms with Crippen LogP contribution in [0.2, 0.25) is 0 Å². The molecule has 0 aliphatic carbocycles. The van der Waals surface area contributed by atoms with Gasteiger partial charge >= 0.3 is 0 Å². The molecule has 0 unspecified atom stereocenters. The summed E-state index contributed by atoms with van der Waals surface area (Å²) in [6, 6.07) is 8.16. The lowest BCUT2D eigenvalue weighted by molar-refractivity contribution is -0.123. The normalized spacial score (nSPS) is 16.8. The van der Waals surface area contributed by atoms with Gasteiger partial charge in [-0.2, -0.15) is 0 Å². The largest absolute Gasteiger partial charge is 0.371 e. The lowest BCUT2D eigenvalue weighted by atomic mass is 9.91. The molecule has 0 radical (unpaired) electrons. The predicted molar refractivity (Wildman–Crippen MR) is 116 cm³/mol. The molecule has 1 fully saturated rings. The molecule has 1 aliphatic rings. The van der Waals surface area contributed by atoms with Crippen LogP contribution in [0.5, 0.6) is 0 Å². The molecular weight excluding hydrogens is 350 g/mol. The van der Waals surface area contributed by atoms with Gasteiger partial charge in [0.15, 0.2) is 0 Å². The van der Waals surface area contributed by atoms with E-state index in [0.717, 1.165) is 37.2 Å². The van der Waals surface area contributed by atoms with Gasteiger partial charge in [0, 0.05) is 37.3 Å². The summed E-state index contributed by atoms with van der Waals surface area (Å²) in [7, 11) is 0. The van der Waals surface area contributed by atoms with Crippen molar-refractivity contribution in [2.75, 3.05) is 18.0 Å². The van der Waals surface area contributed by atoms with Crippen LogP contribution in [0.4, 0.5) is 5.69 Å². The van der Waals surface area contributed by atoms with Crippen LogP contribution in [0.15, 0.2) is 24.3 Å². The zero-order valence-electron chi connectivity index (χ0n) is 18.3. The van der Waals surface area contributed by atoms with E-state index in [2.05, 4.69) is 50.2 Å². The fourth-order valence-electron chi connectivity index (χ4n) is 3.42. The van der Waals surface area contributed by atoms with Gasteiger partial charge in [0.2, 0.25) is 5.91 Å². The van der Waals surface area contributed by atoms with Gasteiger partial charge in [-0.25, -0.2) is 0 Å². The summed E-state index contributed by atoms with van der Waals surface area (Å²) in [6.45, 7) is 14.2. The number of nitrogens with one attached hydrogen (secondary N) is 2. The van der Waals surface area contributed by atoms with E-state index in [1.165, 1.54) is 0 Å². The van der Waals surface area contributed by atoms with E-state index >= 15 is 0 Å². The Morgan fingerprint density at radius 2 is 1.71 bits per heavy atom. The van der Waals surface area contributed by atoms with Crippen molar-refractivity contribution < 1.29 is 9.59 Å². The Morgan fingerprint density at radius 1 is 1.11 bits per heavy atom. The van der Waals surface area contributed by atoms with Crippen LogP contribution in [0.25, 0.3) is 0 Å². The minimum absolute atomic E-state index is 0.00418. The van der Waals surface area contributed by atoms with Gasteiger partial charge in [-0.05, 0) is 43.2 Å². The summed E-state index contributed by atoms with van der Waals surface area (Å²) in [4.78, 5) is 27.2. The topological polar surface area (TPSA) is 61.4 Å². The lowest BCUT2D eigenvalue weighted by Gasteiger charge is -2.35. The van der Waals surface area contributed by atoms with Crippen molar-refractivity contribution in [1.29, 1.82) is 0 Å². The maximum Gasteiger partial charge on any atom is 0.253 e. The second-order valence-electron chi connectivity index (χ2n) is 9.59. The van der Waals surface area contributed by atoms with Gasteiger partial charge in [0.05, 0.1) is 5.56 Å². The van der Waals surface area contributed by atoms with Crippen molar-refractivity contribution in [3.8, 4) is 0 Å². The van der Waals surface area contributed by atoms with Crippen molar-refractivity contribution in [3.63, 3.8) is 0 Å². The Balaban J connectivity index is 1.97. The van der Waals surface area contributed by atoms with Gasteiger partial charge in [0.1, 0.15) is 0 Å². The monoisotopic (exact) mass is 387 g/mol. The molecular formula is C23H37N3O2. The number of rotatable bonds is 6. The molecule has 2 rings (SSSR count). The summed E-state index contributed by atoms with van der Waals surface area (Å²) in [6.07, 6.45) is 2.34. The second kappa shape index (κ2) is 9.44. The number of nitrogens with zero attached hydrogens (tertiary/aromatic N) is 1. The molecule has 1 aromatic carbocycles. The van der Waals surface area contributed by atoms with Crippen LogP contribution in [0.3, 0.4) is 0 Å². The van der Waals surface area contributed by atoms with Crippen molar-refractivity contribution in [2.45, 2.75) is 72.9 Å². The number of amides is 2. The third-order valence-corrected chi connectivity index (χ3v) is 5.40. The Bertz CT molecular complexity index is 671. The van der Waals surface area contributed by atoms with E-state index in [9.17, 15) is 9.59 Å². The first-order valence-electron chi connectivity index (χ1n) is 10.5. The summed E-state index contributed by atoms with van der Waals surface area (Å²) < 4.78 is 0. The molecule has 1 saturated heterocycles. The lowest BCUT2D eigenvalue weighted by Crippen LogP contribution is -2.46. The van der Waals surface area contributed by atoms with Crippen molar-refractivity contribution in [3.05, 3.63) is 29.8 Å². The quantitative estimate of drug-likeness (QED) is 0.776. The first kappa shape index (κ1) is 22.3. The molecule has 1 heterocycles. The number of hydrogen-bond donors (Lipinski definition) is 2. The average molecular weight is 388 g/mol. The Morgan fingerprint density at radius 3 is 2.29 bits per heavy atom. The standard InChI is InChI=1S/C23H37N3O2/c1-16(2)17(3)24-22(28)19-9-7-8-10-20(19)26-13-11-18(12-14-26)25-21(27)15-23(4,5)6/h7-10,16-18H,11-15H2,1-6H3,(H,24,28)(H,25,27)/t17-/m0/s1. The minimum atomic E-state index is -0.0163. The molecule has 2 amide bonds. The van der Waals surface area contributed by atoms with Crippen LogP contribution in [-0.4, -0.2) is 37.0 Å². The van der Waals surface area contributed by atoms with Gasteiger partial charge in [-0.1, -0.05) is 46.8 Å². The highest BCUT2D eigenvalue weighted by Gasteiger charge is 2.25. The SMILES string of the molecule is CC(C)[C@H](C)NC(=O)c1ccccc1N1CCC(NC(=O)CC(C)(C)C)CC1. The summed E-state index contributed by atoms with van der Waals surface area (Å²) >= 11 is 0. The highest BCUT2D eigenvalue weighted by atomic mass is 16.2. The zero-order valence-corrected chi connectivity index (χ0v) is 18.3. The van der Waals surface area contributed by atoms with E-state index in [1.54, 1.807) is 0 Å². The average Bonchev–Trinajstić information content (AvgIpc) is 2.60. The fourth-order valence-corrected chi connectivity index (χ4v) is 3.42. The van der Waals surface area contributed by atoms with Gasteiger partial charge in [0.25, 0.3) is 5.91 Å².